The van der Waals surface area contributed by atoms with Gasteiger partial charge in [-0.15, -0.1) is 0 Å². The van der Waals surface area contributed by atoms with Gasteiger partial charge in [0.05, 0.1) is 0 Å². The second kappa shape index (κ2) is 2.34. The first-order chi connectivity index (χ1) is 4.49. The van der Waals surface area contributed by atoms with Crippen LogP contribution < -0.4 is 0 Å². The summed E-state index contributed by atoms with van der Waals surface area (Å²) in [6, 6.07) is 0. The van der Waals surface area contributed by atoms with Gasteiger partial charge in [-0.25, -0.2) is 0 Å². The molecule has 0 aromatic heterocycles. The maximum atomic E-state index is 10.7. The van der Waals surface area contributed by atoms with E-state index in [1.54, 1.807) is 0 Å². The van der Waals surface area contributed by atoms with Crippen LogP contribution in [0.25, 0.3) is 0 Å². The average molecular weight is 165 g/mol. The maximum Gasteiger partial charge on any atom is 0.334 e. The Morgan fingerprint density at radius 2 is 2.00 bits per heavy atom. The molecule has 0 unspecified atom stereocenters. The molecular weight excluding hydrogens is 157 g/mol. The summed E-state index contributed by atoms with van der Waals surface area (Å²) >= 11 is 0. The van der Waals surface area contributed by atoms with Crippen molar-refractivity contribution in [3.8, 4) is 0 Å². The first kappa shape index (κ1) is 7.72. The molecule has 5 nitrogen and oxygen atoms in total. The van der Waals surface area contributed by atoms with E-state index in [0.29, 0.717) is 13.1 Å². The molecule has 0 bridgehead atoms. The molecule has 1 aliphatic heterocycles. The lowest BCUT2D eigenvalue weighted by atomic mass is 10.7. The molecule has 0 atom stereocenters. The van der Waals surface area contributed by atoms with Crippen molar-refractivity contribution in [2.75, 3.05) is 19.3 Å². The molecule has 1 heterocycles. The van der Waals surface area contributed by atoms with Gasteiger partial charge in [0, 0.05) is 13.1 Å². The van der Waals surface area contributed by atoms with Crippen LogP contribution >= 0.6 is 7.60 Å². The van der Waals surface area contributed by atoms with E-state index in [1.165, 1.54) is 4.90 Å². The summed E-state index contributed by atoms with van der Waals surface area (Å²) in [5.41, 5.74) is 0. The number of amides is 1. The van der Waals surface area contributed by atoms with Gasteiger partial charge in [0.15, 0.2) is 0 Å². The van der Waals surface area contributed by atoms with Gasteiger partial charge >= 0.3 is 7.60 Å². The third-order valence-corrected chi connectivity index (χ3v) is 1.82. The molecule has 58 valence electrons. The number of nitrogens with zero attached hydrogens (tertiary/aromatic N) is 1. The highest BCUT2D eigenvalue weighted by Gasteiger charge is 2.29. The minimum Gasteiger partial charge on any atom is -0.339 e. The second-order valence-electron chi connectivity index (χ2n) is 2.20. The number of carbonyl (C=O) groups excluding carboxylic acids is 1. The Morgan fingerprint density at radius 1 is 1.50 bits per heavy atom. The lowest BCUT2D eigenvalue weighted by Crippen LogP contribution is -2.14. The highest BCUT2D eigenvalue weighted by Crippen LogP contribution is 2.34. The first-order valence-electron chi connectivity index (χ1n) is 2.81. The Balaban J connectivity index is 2.37. The Kier molecular flexibility index (Phi) is 1.81. The van der Waals surface area contributed by atoms with E-state index in [0.717, 1.165) is 0 Å². The highest BCUT2D eigenvalue weighted by atomic mass is 31.2. The third-order valence-electron chi connectivity index (χ3n) is 1.14. The van der Waals surface area contributed by atoms with E-state index in [1.807, 2.05) is 0 Å². The summed E-state index contributed by atoms with van der Waals surface area (Å²) in [5.74, 6) is -0.451. The standard InChI is InChI=1S/C4H8NO4P/c6-4(5-1-2-5)3-10(7,8)9/h1-3H2,(H2,7,8,9). The monoisotopic (exact) mass is 165 g/mol. The quantitative estimate of drug-likeness (QED) is 0.406. The summed E-state index contributed by atoms with van der Waals surface area (Å²) in [7, 11) is -4.13. The predicted molar refractivity (Wildman–Crippen MR) is 33.5 cm³/mol. The van der Waals surface area contributed by atoms with Gasteiger partial charge in [0.1, 0.15) is 6.16 Å². The Bertz CT molecular complexity index is 193. The van der Waals surface area contributed by atoms with Crippen molar-refractivity contribution in [2.45, 2.75) is 0 Å². The van der Waals surface area contributed by atoms with Crippen LogP contribution in [0.1, 0.15) is 0 Å². The zero-order valence-electron chi connectivity index (χ0n) is 5.23. The molecule has 6 heteroatoms. The summed E-state index contributed by atoms with van der Waals surface area (Å²) in [6.45, 7) is 1.28. The van der Waals surface area contributed by atoms with Crippen LogP contribution in [0.4, 0.5) is 0 Å². The van der Waals surface area contributed by atoms with Gasteiger partial charge in [-0.3, -0.25) is 9.36 Å². The maximum absolute atomic E-state index is 10.7. The summed E-state index contributed by atoms with van der Waals surface area (Å²) < 4.78 is 10.2. The largest absolute Gasteiger partial charge is 0.339 e. The lowest BCUT2D eigenvalue weighted by Gasteiger charge is -2.01. The molecule has 1 aliphatic rings. The molecule has 0 aromatic rings. The fraction of sp³-hybridized carbons (Fsp3) is 0.750. The molecule has 0 radical (unpaired) electrons. The molecule has 1 rings (SSSR count). The zero-order valence-corrected chi connectivity index (χ0v) is 6.12. The Hall–Kier alpha value is -0.380. The minimum atomic E-state index is -4.13. The highest BCUT2D eigenvalue weighted by molar-refractivity contribution is 7.52. The van der Waals surface area contributed by atoms with Gasteiger partial charge in [-0.1, -0.05) is 0 Å². The van der Waals surface area contributed by atoms with Crippen molar-refractivity contribution < 1.29 is 19.1 Å². The molecule has 2 N–H and O–H groups in total. The molecule has 0 aromatic carbocycles. The lowest BCUT2D eigenvalue weighted by molar-refractivity contribution is -0.123. The first-order valence-corrected chi connectivity index (χ1v) is 4.61. The molecular formula is C4H8NO4P. The van der Waals surface area contributed by atoms with Crippen LogP contribution in [-0.2, 0) is 9.36 Å². The number of hydrogen-bond acceptors (Lipinski definition) is 2. The van der Waals surface area contributed by atoms with E-state index < -0.39 is 19.7 Å². The van der Waals surface area contributed by atoms with E-state index in [4.69, 9.17) is 9.79 Å². The van der Waals surface area contributed by atoms with Gasteiger partial charge < -0.3 is 14.7 Å². The Labute approximate surface area is 57.8 Å². The summed E-state index contributed by atoms with van der Waals surface area (Å²) in [4.78, 5) is 28.7. The molecule has 0 spiro atoms. The third kappa shape index (κ3) is 2.47. The molecule has 1 saturated heterocycles. The number of hydrogen-bond donors (Lipinski definition) is 2. The van der Waals surface area contributed by atoms with Crippen LogP contribution in [0.5, 0.6) is 0 Å². The molecule has 10 heavy (non-hydrogen) atoms. The van der Waals surface area contributed by atoms with Crippen molar-refractivity contribution in [1.29, 1.82) is 0 Å². The average Bonchev–Trinajstić information content (AvgIpc) is 2.35. The van der Waals surface area contributed by atoms with Gasteiger partial charge in [0.25, 0.3) is 0 Å². The Morgan fingerprint density at radius 3 is 2.30 bits per heavy atom. The SMILES string of the molecule is O=C(CP(=O)(O)O)N1CC1. The predicted octanol–water partition coefficient (Wildman–Crippen LogP) is -0.994. The van der Waals surface area contributed by atoms with E-state index in [-0.39, 0.29) is 0 Å². The van der Waals surface area contributed by atoms with Crippen LogP contribution in [0.15, 0.2) is 0 Å². The molecule has 0 saturated carbocycles. The molecule has 1 amide bonds. The molecule has 0 aliphatic carbocycles. The van der Waals surface area contributed by atoms with Crippen LogP contribution in [0.3, 0.4) is 0 Å². The second-order valence-corrected chi connectivity index (χ2v) is 3.85. The number of rotatable bonds is 2. The van der Waals surface area contributed by atoms with E-state index in [9.17, 15) is 9.36 Å². The fourth-order valence-electron chi connectivity index (χ4n) is 0.576. The van der Waals surface area contributed by atoms with Crippen molar-refractivity contribution >= 4 is 13.5 Å². The minimum absolute atomic E-state index is 0.451. The molecule has 1 fully saturated rings. The van der Waals surface area contributed by atoms with Crippen LogP contribution in [-0.4, -0.2) is 39.8 Å². The van der Waals surface area contributed by atoms with Crippen molar-refractivity contribution in [2.24, 2.45) is 0 Å². The summed E-state index contributed by atoms with van der Waals surface area (Å²) in [6.07, 6.45) is -0.646. The van der Waals surface area contributed by atoms with Crippen molar-refractivity contribution in [1.82, 2.24) is 4.90 Å². The van der Waals surface area contributed by atoms with E-state index >= 15 is 0 Å². The van der Waals surface area contributed by atoms with Gasteiger partial charge in [-0.2, -0.15) is 0 Å². The van der Waals surface area contributed by atoms with E-state index in [2.05, 4.69) is 0 Å². The normalized spacial score (nSPS) is 17.2. The van der Waals surface area contributed by atoms with Gasteiger partial charge in [-0.05, 0) is 0 Å². The van der Waals surface area contributed by atoms with Crippen LogP contribution in [0.2, 0.25) is 0 Å². The summed E-state index contributed by atoms with van der Waals surface area (Å²) in [5, 5.41) is 0. The van der Waals surface area contributed by atoms with Gasteiger partial charge in [0.2, 0.25) is 5.91 Å². The van der Waals surface area contributed by atoms with Crippen LogP contribution in [0, 0.1) is 0 Å². The van der Waals surface area contributed by atoms with Crippen molar-refractivity contribution in [3.05, 3.63) is 0 Å². The fourth-order valence-corrected chi connectivity index (χ4v) is 1.13. The van der Waals surface area contributed by atoms with Crippen molar-refractivity contribution in [3.63, 3.8) is 0 Å². The smallest absolute Gasteiger partial charge is 0.334 e. The zero-order chi connectivity index (χ0) is 7.78. The topological polar surface area (TPSA) is 77.6 Å². The number of carbonyl (C=O) groups is 1.